The van der Waals surface area contributed by atoms with E-state index in [0.29, 0.717) is 18.2 Å². The maximum absolute atomic E-state index is 10.7. The molecule has 16 heavy (non-hydrogen) atoms. The minimum Gasteiger partial charge on any atom is -0.481 e. The van der Waals surface area contributed by atoms with Gasteiger partial charge >= 0.3 is 0 Å². The molecule has 5 heteroatoms. The molecular formula is C11H11N3O2. The number of hydrogen-bond donors (Lipinski definition) is 0. The Balaban J connectivity index is 2.30. The van der Waals surface area contributed by atoms with Crippen molar-refractivity contribution in [3.63, 3.8) is 0 Å². The summed E-state index contributed by atoms with van der Waals surface area (Å²) in [7, 11) is 1.57. The maximum atomic E-state index is 10.7. The zero-order chi connectivity index (χ0) is 11.4. The molecule has 2 rings (SSSR count). The van der Waals surface area contributed by atoms with E-state index < -0.39 is 0 Å². The molecule has 0 bridgehead atoms. The smallest absolute Gasteiger partial charge is 0.218 e. The molecule has 0 aliphatic heterocycles. The molecule has 0 saturated carbocycles. The van der Waals surface area contributed by atoms with E-state index in [2.05, 4.69) is 9.97 Å². The number of pyridine rings is 1. The van der Waals surface area contributed by atoms with Crippen molar-refractivity contribution in [3.8, 4) is 5.88 Å². The van der Waals surface area contributed by atoms with Crippen LogP contribution in [0, 0.1) is 0 Å². The van der Waals surface area contributed by atoms with E-state index in [9.17, 15) is 4.79 Å². The van der Waals surface area contributed by atoms with Gasteiger partial charge in [0, 0.05) is 24.2 Å². The lowest BCUT2D eigenvalue weighted by molar-refractivity contribution is 0.111. The average molecular weight is 217 g/mol. The topological polar surface area (TPSA) is 57.0 Å². The lowest BCUT2D eigenvalue weighted by Gasteiger charge is -2.08. The first kappa shape index (κ1) is 10.4. The Bertz CT molecular complexity index is 493. The molecule has 0 aromatic carbocycles. The van der Waals surface area contributed by atoms with Crippen LogP contribution in [0.4, 0.5) is 0 Å². The molecule has 0 unspecified atom stereocenters. The van der Waals surface area contributed by atoms with E-state index >= 15 is 0 Å². The van der Waals surface area contributed by atoms with Crippen LogP contribution in [0.1, 0.15) is 16.2 Å². The van der Waals surface area contributed by atoms with Gasteiger partial charge in [0.25, 0.3) is 0 Å². The average Bonchev–Trinajstić information content (AvgIpc) is 2.77. The first-order valence-corrected chi connectivity index (χ1v) is 4.79. The Kier molecular flexibility index (Phi) is 2.95. The van der Waals surface area contributed by atoms with Crippen molar-refractivity contribution >= 4 is 6.29 Å². The Hall–Kier alpha value is -2.17. The number of methoxy groups -OCH3 is 1. The third-order valence-electron chi connectivity index (χ3n) is 2.24. The molecule has 0 radical (unpaired) electrons. The molecule has 0 fully saturated rings. The Labute approximate surface area is 92.7 Å². The second-order valence-corrected chi connectivity index (χ2v) is 3.20. The second-order valence-electron chi connectivity index (χ2n) is 3.20. The predicted octanol–water partition coefficient (Wildman–Crippen LogP) is 1.15. The number of rotatable bonds is 4. The van der Waals surface area contributed by atoms with Gasteiger partial charge in [-0.05, 0) is 6.07 Å². The zero-order valence-corrected chi connectivity index (χ0v) is 8.83. The van der Waals surface area contributed by atoms with Crippen molar-refractivity contribution in [3.05, 3.63) is 42.1 Å². The van der Waals surface area contributed by atoms with Gasteiger partial charge in [0.05, 0.1) is 13.7 Å². The molecule has 0 aliphatic carbocycles. The van der Waals surface area contributed by atoms with Crippen LogP contribution in [0.25, 0.3) is 0 Å². The molecule has 5 nitrogen and oxygen atoms in total. The fourth-order valence-corrected chi connectivity index (χ4v) is 1.48. The normalized spacial score (nSPS) is 10.1. The summed E-state index contributed by atoms with van der Waals surface area (Å²) in [5.41, 5.74) is 0.908. The molecule has 2 aromatic rings. The summed E-state index contributed by atoms with van der Waals surface area (Å²) >= 11 is 0. The van der Waals surface area contributed by atoms with Gasteiger partial charge in [-0.1, -0.05) is 6.07 Å². The molecule has 0 saturated heterocycles. The molecule has 2 heterocycles. The largest absolute Gasteiger partial charge is 0.481 e. The SMILES string of the molecule is COc1ncccc1Cn1ccnc1C=O. The second kappa shape index (κ2) is 4.57. The molecule has 0 atom stereocenters. The fourth-order valence-electron chi connectivity index (χ4n) is 1.48. The quantitative estimate of drug-likeness (QED) is 0.721. The highest BCUT2D eigenvalue weighted by Crippen LogP contribution is 2.15. The monoisotopic (exact) mass is 217 g/mol. The van der Waals surface area contributed by atoms with Crippen LogP contribution in [-0.2, 0) is 6.54 Å². The van der Waals surface area contributed by atoms with Gasteiger partial charge in [-0.2, -0.15) is 0 Å². The highest BCUT2D eigenvalue weighted by atomic mass is 16.5. The van der Waals surface area contributed by atoms with Crippen molar-refractivity contribution in [2.24, 2.45) is 0 Å². The molecule has 82 valence electrons. The first-order chi connectivity index (χ1) is 7.85. The van der Waals surface area contributed by atoms with Crippen molar-refractivity contribution in [2.75, 3.05) is 7.11 Å². The van der Waals surface area contributed by atoms with Gasteiger partial charge in [-0.3, -0.25) is 4.79 Å². The molecular weight excluding hydrogens is 206 g/mol. The fraction of sp³-hybridized carbons (Fsp3) is 0.182. The number of imidazole rings is 1. The van der Waals surface area contributed by atoms with E-state index in [-0.39, 0.29) is 0 Å². The van der Waals surface area contributed by atoms with Gasteiger partial charge < -0.3 is 9.30 Å². The molecule has 0 aliphatic rings. The summed E-state index contributed by atoms with van der Waals surface area (Å²) < 4.78 is 6.88. The van der Waals surface area contributed by atoms with Crippen molar-refractivity contribution in [1.82, 2.24) is 14.5 Å². The third kappa shape index (κ3) is 1.93. The van der Waals surface area contributed by atoms with Crippen LogP contribution < -0.4 is 4.74 Å². The third-order valence-corrected chi connectivity index (χ3v) is 2.24. The minimum atomic E-state index is 0.394. The van der Waals surface area contributed by atoms with Crippen LogP contribution in [0.5, 0.6) is 5.88 Å². The number of aromatic nitrogens is 3. The lowest BCUT2D eigenvalue weighted by Crippen LogP contribution is -2.05. The number of aldehydes is 1. The molecule has 0 amide bonds. The molecule has 0 spiro atoms. The van der Waals surface area contributed by atoms with Gasteiger partial charge in [0.15, 0.2) is 12.1 Å². The highest BCUT2D eigenvalue weighted by molar-refractivity contribution is 5.69. The number of carbonyl (C=O) groups excluding carboxylic acids is 1. The highest BCUT2D eigenvalue weighted by Gasteiger charge is 2.06. The van der Waals surface area contributed by atoms with Crippen LogP contribution in [0.2, 0.25) is 0 Å². The molecule has 0 N–H and O–H groups in total. The first-order valence-electron chi connectivity index (χ1n) is 4.79. The van der Waals surface area contributed by atoms with E-state index in [1.165, 1.54) is 0 Å². The summed E-state index contributed by atoms with van der Waals surface area (Å²) in [6, 6.07) is 3.73. The summed E-state index contributed by atoms with van der Waals surface area (Å²) in [6.07, 6.45) is 5.72. The van der Waals surface area contributed by atoms with Crippen LogP contribution >= 0.6 is 0 Å². The van der Waals surface area contributed by atoms with E-state index in [1.54, 1.807) is 30.3 Å². The van der Waals surface area contributed by atoms with Crippen molar-refractivity contribution in [1.29, 1.82) is 0 Å². The number of carbonyl (C=O) groups is 1. The Morgan fingerprint density at radius 2 is 2.31 bits per heavy atom. The van der Waals surface area contributed by atoms with E-state index in [0.717, 1.165) is 11.8 Å². The van der Waals surface area contributed by atoms with E-state index in [4.69, 9.17) is 4.74 Å². The summed E-state index contributed by atoms with van der Waals surface area (Å²) in [6.45, 7) is 0.519. The summed E-state index contributed by atoms with van der Waals surface area (Å²) in [5, 5.41) is 0. The van der Waals surface area contributed by atoms with Gasteiger partial charge in [-0.25, -0.2) is 9.97 Å². The van der Waals surface area contributed by atoms with Crippen molar-refractivity contribution < 1.29 is 9.53 Å². The predicted molar refractivity (Wildman–Crippen MR) is 57.5 cm³/mol. The summed E-state index contributed by atoms with van der Waals surface area (Å²) in [5.74, 6) is 0.957. The van der Waals surface area contributed by atoms with Gasteiger partial charge in [0.1, 0.15) is 0 Å². The number of nitrogens with zero attached hydrogens (tertiary/aromatic N) is 3. The Morgan fingerprint density at radius 3 is 3.06 bits per heavy atom. The zero-order valence-electron chi connectivity index (χ0n) is 8.83. The van der Waals surface area contributed by atoms with Gasteiger partial charge in [-0.15, -0.1) is 0 Å². The van der Waals surface area contributed by atoms with Crippen molar-refractivity contribution in [2.45, 2.75) is 6.54 Å². The maximum Gasteiger partial charge on any atom is 0.218 e. The lowest BCUT2D eigenvalue weighted by atomic mass is 10.2. The van der Waals surface area contributed by atoms with Crippen LogP contribution in [0.3, 0.4) is 0 Å². The summed E-state index contributed by atoms with van der Waals surface area (Å²) in [4.78, 5) is 18.7. The van der Waals surface area contributed by atoms with Gasteiger partial charge in [0.2, 0.25) is 5.88 Å². The standard InChI is InChI=1S/C11H11N3O2/c1-16-11-9(3-2-4-13-11)7-14-6-5-12-10(14)8-15/h2-6,8H,7H2,1H3. The minimum absolute atomic E-state index is 0.394. The number of hydrogen-bond acceptors (Lipinski definition) is 4. The Morgan fingerprint density at radius 1 is 1.44 bits per heavy atom. The molecule has 2 aromatic heterocycles. The van der Waals surface area contributed by atoms with E-state index in [1.807, 2.05) is 12.1 Å². The van der Waals surface area contributed by atoms with Crippen LogP contribution in [0.15, 0.2) is 30.7 Å². The number of ether oxygens (including phenoxy) is 1. The van der Waals surface area contributed by atoms with Crippen LogP contribution in [-0.4, -0.2) is 27.9 Å².